The minimum Gasteiger partial charge on any atom is -0.388 e. The molecule has 98 valence electrons. The van der Waals surface area contributed by atoms with Crippen molar-refractivity contribution >= 4 is 28.8 Å². The molecule has 0 spiro atoms. The van der Waals surface area contributed by atoms with Crippen LogP contribution >= 0.6 is 12.2 Å². The highest BCUT2D eigenvalue weighted by Gasteiger charge is 2.06. The first-order valence-corrected chi connectivity index (χ1v) is 5.73. The van der Waals surface area contributed by atoms with E-state index in [1.165, 1.54) is 0 Å². The van der Waals surface area contributed by atoms with Gasteiger partial charge in [-0.3, -0.25) is 0 Å². The van der Waals surface area contributed by atoms with Gasteiger partial charge in [0.1, 0.15) is 22.3 Å². The molecule has 4 nitrogen and oxygen atoms in total. The lowest BCUT2D eigenvalue weighted by molar-refractivity contribution is 0.584. The molecule has 3 N–H and O–H groups in total. The molecule has 0 aliphatic rings. The molecule has 0 saturated carbocycles. The van der Waals surface area contributed by atoms with Crippen LogP contribution in [0.25, 0.3) is 0 Å². The third-order valence-electron chi connectivity index (χ3n) is 2.23. The van der Waals surface area contributed by atoms with E-state index in [4.69, 9.17) is 18.0 Å². The normalized spacial score (nSPS) is 10.3. The Morgan fingerprint density at radius 2 is 1.79 bits per heavy atom. The van der Waals surface area contributed by atoms with E-state index in [1.54, 1.807) is 13.0 Å². The van der Waals surface area contributed by atoms with E-state index >= 15 is 0 Å². The minimum absolute atomic E-state index is 0.124. The Balaban J connectivity index is 2.35. The van der Waals surface area contributed by atoms with E-state index in [0.29, 0.717) is 11.4 Å². The van der Waals surface area contributed by atoms with Crippen molar-refractivity contribution in [3.8, 4) is 0 Å². The number of thiocarbonyl (C=S) groups is 1. The van der Waals surface area contributed by atoms with Crippen LogP contribution in [0.5, 0.6) is 0 Å². The summed E-state index contributed by atoms with van der Waals surface area (Å²) in [5, 5.41) is 2.70. The van der Waals surface area contributed by atoms with E-state index in [1.807, 2.05) is 0 Å². The van der Waals surface area contributed by atoms with Crippen molar-refractivity contribution in [3.63, 3.8) is 0 Å². The van der Waals surface area contributed by atoms with Gasteiger partial charge in [0.25, 0.3) is 0 Å². The highest BCUT2D eigenvalue weighted by atomic mass is 32.1. The van der Waals surface area contributed by atoms with E-state index in [9.17, 15) is 8.78 Å². The maximum Gasteiger partial charge on any atom is 0.228 e. The van der Waals surface area contributed by atoms with Gasteiger partial charge in [-0.1, -0.05) is 12.2 Å². The quantitative estimate of drug-likeness (QED) is 0.845. The molecule has 0 aliphatic heterocycles. The van der Waals surface area contributed by atoms with Crippen LogP contribution in [0, 0.1) is 18.6 Å². The fourth-order valence-corrected chi connectivity index (χ4v) is 1.61. The summed E-state index contributed by atoms with van der Waals surface area (Å²) in [5.74, 6) is -1.21. The van der Waals surface area contributed by atoms with Crippen LogP contribution in [0.2, 0.25) is 0 Å². The van der Waals surface area contributed by atoms with E-state index in [2.05, 4.69) is 15.3 Å². The summed E-state index contributed by atoms with van der Waals surface area (Å²) in [6, 6.07) is 4.67. The van der Waals surface area contributed by atoms with Crippen molar-refractivity contribution in [2.45, 2.75) is 6.92 Å². The predicted molar refractivity (Wildman–Crippen MR) is 72.3 cm³/mol. The lowest BCUT2D eigenvalue weighted by Gasteiger charge is -2.07. The number of halogens is 2. The molecule has 0 saturated heterocycles. The van der Waals surface area contributed by atoms with Crippen molar-refractivity contribution in [1.82, 2.24) is 9.97 Å². The van der Waals surface area contributed by atoms with Crippen molar-refractivity contribution in [1.29, 1.82) is 0 Å². The topological polar surface area (TPSA) is 63.8 Å². The number of rotatable bonds is 3. The van der Waals surface area contributed by atoms with Crippen molar-refractivity contribution in [3.05, 3.63) is 47.3 Å². The van der Waals surface area contributed by atoms with Gasteiger partial charge in [-0.25, -0.2) is 18.7 Å². The lowest BCUT2D eigenvalue weighted by Crippen LogP contribution is -2.13. The first-order chi connectivity index (χ1) is 8.94. The Morgan fingerprint density at radius 1 is 1.16 bits per heavy atom. The monoisotopic (exact) mass is 280 g/mol. The van der Waals surface area contributed by atoms with Crippen molar-refractivity contribution in [2.24, 2.45) is 5.73 Å². The average Bonchev–Trinajstić information content (AvgIpc) is 2.26. The van der Waals surface area contributed by atoms with E-state index in [0.717, 1.165) is 18.2 Å². The average molecular weight is 280 g/mol. The van der Waals surface area contributed by atoms with Crippen LogP contribution in [0.1, 0.15) is 11.4 Å². The van der Waals surface area contributed by atoms with Crippen LogP contribution in [0.15, 0.2) is 24.3 Å². The third kappa shape index (κ3) is 3.41. The first-order valence-electron chi connectivity index (χ1n) is 5.32. The van der Waals surface area contributed by atoms with Gasteiger partial charge in [0.15, 0.2) is 0 Å². The number of aromatic nitrogens is 2. The van der Waals surface area contributed by atoms with Gasteiger partial charge in [0.05, 0.1) is 0 Å². The molecule has 0 unspecified atom stereocenters. The Morgan fingerprint density at radius 3 is 2.37 bits per heavy atom. The van der Waals surface area contributed by atoms with Crippen LogP contribution in [-0.2, 0) is 0 Å². The smallest absolute Gasteiger partial charge is 0.228 e. The van der Waals surface area contributed by atoms with Crippen LogP contribution in [0.3, 0.4) is 0 Å². The van der Waals surface area contributed by atoms with Gasteiger partial charge in [0, 0.05) is 17.4 Å². The highest BCUT2D eigenvalue weighted by molar-refractivity contribution is 7.80. The molecule has 7 heteroatoms. The Labute approximate surface area is 113 Å². The zero-order valence-electron chi connectivity index (χ0n) is 9.95. The van der Waals surface area contributed by atoms with E-state index in [-0.39, 0.29) is 16.6 Å². The fourth-order valence-electron chi connectivity index (χ4n) is 1.51. The van der Waals surface area contributed by atoms with E-state index < -0.39 is 11.6 Å². The second-order valence-corrected chi connectivity index (χ2v) is 4.31. The number of benzene rings is 1. The number of anilines is 2. The van der Waals surface area contributed by atoms with Gasteiger partial charge in [-0.15, -0.1) is 0 Å². The maximum absolute atomic E-state index is 13.1. The second kappa shape index (κ2) is 5.23. The summed E-state index contributed by atoms with van der Waals surface area (Å²) in [4.78, 5) is 8.27. The SMILES string of the molecule is Cc1cc(C(N)=S)nc(Nc2cc(F)cc(F)c2)n1. The molecule has 19 heavy (non-hydrogen) atoms. The molecule has 0 fully saturated rings. The molecule has 0 aliphatic carbocycles. The largest absolute Gasteiger partial charge is 0.388 e. The standard InChI is InChI=1S/C12H10F2N4S/c1-6-2-10(11(15)19)18-12(16-6)17-9-4-7(13)3-8(14)5-9/h2-5H,1H3,(H2,15,19)(H,16,17,18). The number of aryl methyl sites for hydroxylation is 1. The van der Waals surface area contributed by atoms with Gasteiger partial charge in [0.2, 0.25) is 5.95 Å². The summed E-state index contributed by atoms with van der Waals surface area (Å²) in [5.41, 5.74) is 6.72. The molecule has 1 aromatic heterocycles. The molecular weight excluding hydrogens is 270 g/mol. The highest BCUT2D eigenvalue weighted by Crippen LogP contribution is 2.17. The second-order valence-electron chi connectivity index (χ2n) is 3.87. The summed E-state index contributed by atoms with van der Waals surface area (Å²) in [6.45, 7) is 1.74. The zero-order valence-corrected chi connectivity index (χ0v) is 10.8. The fraction of sp³-hybridized carbons (Fsp3) is 0.0833. The predicted octanol–water partition coefficient (Wildman–Crippen LogP) is 2.44. The Kier molecular flexibility index (Phi) is 3.66. The summed E-state index contributed by atoms with van der Waals surface area (Å²) < 4.78 is 26.1. The Bertz CT molecular complexity index is 625. The number of hydrogen-bond acceptors (Lipinski definition) is 4. The maximum atomic E-state index is 13.1. The number of hydrogen-bond donors (Lipinski definition) is 2. The molecule has 1 aromatic carbocycles. The molecule has 0 atom stereocenters. The summed E-state index contributed by atoms with van der Waals surface area (Å²) >= 11 is 4.83. The summed E-state index contributed by atoms with van der Waals surface area (Å²) in [7, 11) is 0. The minimum atomic E-state index is -0.690. The third-order valence-corrected chi connectivity index (χ3v) is 2.43. The van der Waals surface area contributed by atoms with Crippen molar-refractivity contribution < 1.29 is 8.78 Å². The number of nitrogens with zero attached hydrogens (tertiary/aromatic N) is 2. The van der Waals surface area contributed by atoms with Gasteiger partial charge >= 0.3 is 0 Å². The van der Waals surface area contributed by atoms with Gasteiger partial charge in [-0.05, 0) is 25.1 Å². The number of nitrogens with two attached hydrogens (primary N) is 1. The molecule has 0 amide bonds. The lowest BCUT2D eigenvalue weighted by atomic mass is 10.3. The van der Waals surface area contributed by atoms with Gasteiger partial charge < -0.3 is 11.1 Å². The van der Waals surface area contributed by atoms with Crippen LogP contribution in [-0.4, -0.2) is 15.0 Å². The van der Waals surface area contributed by atoms with Crippen LogP contribution < -0.4 is 11.1 Å². The molecule has 2 rings (SSSR count). The van der Waals surface area contributed by atoms with Crippen LogP contribution in [0.4, 0.5) is 20.4 Å². The van der Waals surface area contributed by atoms with Gasteiger partial charge in [-0.2, -0.15) is 0 Å². The molecule has 1 heterocycles. The first kappa shape index (κ1) is 13.3. The number of nitrogens with one attached hydrogen (secondary N) is 1. The molecule has 0 bridgehead atoms. The summed E-state index contributed by atoms with van der Waals surface area (Å²) in [6.07, 6.45) is 0. The molecular formula is C12H10F2N4S. The molecule has 2 aromatic rings. The zero-order chi connectivity index (χ0) is 14.0. The molecule has 0 radical (unpaired) electrons. The Hall–Kier alpha value is -2.15. The van der Waals surface area contributed by atoms with Crippen molar-refractivity contribution in [2.75, 3.05) is 5.32 Å².